The van der Waals surface area contributed by atoms with Crippen molar-refractivity contribution in [2.24, 2.45) is 0 Å². The minimum Gasteiger partial charge on any atom is -0.368 e. The van der Waals surface area contributed by atoms with Crippen LogP contribution in [0.1, 0.15) is 20.8 Å². The van der Waals surface area contributed by atoms with Crippen molar-refractivity contribution in [3.05, 3.63) is 98.3 Å². The largest absolute Gasteiger partial charge is 0.368 e. The number of carbonyl (C=O) groups excluding carboxylic acids is 2. The van der Waals surface area contributed by atoms with E-state index in [1.807, 2.05) is 0 Å². The van der Waals surface area contributed by atoms with E-state index in [9.17, 15) is 29.8 Å². The lowest BCUT2D eigenvalue weighted by Gasteiger charge is -2.36. The molecule has 2 aromatic carbocycles. The fourth-order valence-corrected chi connectivity index (χ4v) is 4.90. The number of pyridine rings is 1. The standard InChI is InChI=1S/C27H27N7O6/c35-26(31-15-11-29(12-16-31)21-2-6-23(7-3-21)33(37)38)20-1-10-25(28-19-20)27(36)32-17-13-30(14-18-32)22-4-8-24(9-5-22)34(39)40/h1-10,19H,11-18H2. The molecule has 2 amide bonds. The number of rotatable bonds is 6. The van der Waals surface area contributed by atoms with Crippen molar-refractivity contribution in [3.63, 3.8) is 0 Å². The first-order valence-electron chi connectivity index (χ1n) is 12.8. The summed E-state index contributed by atoms with van der Waals surface area (Å²) in [6.07, 6.45) is 1.44. The first-order chi connectivity index (χ1) is 19.3. The van der Waals surface area contributed by atoms with Crippen molar-refractivity contribution >= 4 is 34.6 Å². The Morgan fingerprint density at radius 1 is 0.600 bits per heavy atom. The summed E-state index contributed by atoms with van der Waals surface area (Å²) >= 11 is 0. The molecule has 3 aromatic rings. The number of amides is 2. The quantitative estimate of drug-likeness (QED) is 0.337. The first-order valence-corrected chi connectivity index (χ1v) is 12.8. The van der Waals surface area contributed by atoms with E-state index in [0.717, 1.165) is 11.4 Å². The number of aromatic nitrogens is 1. The van der Waals surface area contributed by atoms with Crippen molar-refractivity contribution in [1.82, 2.24) is 14.8 Å². The van der Waals surface area contributed by atoms with Crippen LogP contribution in [0.5, 0.6) is 0 Å². The molecule has 0 N–H and O–H groups in total. The number of hydrogen-bond acceptors (Lipinski definition) is 9. The van der Waals surface area contributed by atoms with E-state index in [1.165, 1.54) is 30.5 Å². The highest BCUT2D eigenvalue weighted by Crippen LogP contribution is 2.23. The number of nitro benzene ring substituents is 2. The van der Waals surface area contributed by atoms with Crippen LogP contribution < -0.4 is 9.80 Å². The Balaban J connectivity index is 1.12. The molecule has 0 unspecified atom stereocenters. The van der Waals surface area contributed by atoms with Gasteiger partial charge in [0.25, 0.3) is 23.2 Å². The molecule has 5 rings (SSSR count). The maximum Gasteiger partial charge on any atom is 0.272 e. The van der Waals surface area contributed by atoms with Crippen LogP contribution >= 0.6 is 0 Å². The number of benzene rings is 2. The molecule has 0 aliphatic carbocycles. The number of carbonyl (C=O) groups is 2. The van der Waals surface area contributed by atoms with E-state index in [4.69, 9.17) is 0 Å². The Morgan fingerprint density at radius 3 is 1.40 bits per heavy atom. The number of anilines is 2. The molecule has 3 heterocycles. The van der Waals surface area contributed by atoms with Gasteiger partial charge in [-0.1, -0.05) is 0 Å². The zero-order valence-corrected chi connectivity index (χ0v) is 21.6. The lowest BCUT2D eigenvalue weighted by Crippen LogP contribution is -2.49. The Hall–Kier alpha value is -5.07. The Kier molecular flexibility index (Phi) is 7.53. The maximum absolute atomic E-state index is 13.0. The van der Waals surface area contributed by atoms with Crippen molar-refractivity contribution in [1.29, 1.82) is 0 Å². The molecule has 2 fully saturated rings. The van der Waals surface area contributed by atoms with Crippen LogP contribution in [0.15, 0.2) is 66.9 Å². The van der Waals surface area contributed by atoms with Gasteiger partial charge in [-0.25, -0.2) is 0 Å². The van der Waals surface area contributed by atoms with Crippen molar-refractivity contribution in [3.8, 4) is 0 Å². The molecule has 2 saturated heterocycles. The SMILES string of the molecule is O=C(c1ccc(C(=O)N2CCN(c3ccc([N+](=O)[O-])cc3)CC2)nc1)N1CCN(c2ccc([N+](=O)[O-])cc2)CC1. The molecule has 0 radical (unpaired) electrons. The third-order valence-electron chi connectivity index (χ3n) is 7.21. The van der Waals surface area contributed by atoms with Crippen LogP contribution in [0.3, 0.4) is 0 Å². The van der Waals surface area contributed by atoms with Crippen LogP contribution in [0.25, 0.3) is 0 Å². The molecule has 0 spiro atoms. The van der Waals surface area contributed by atoms with Gasteiger partial charge in [0.15, 0.2) is 0 Å². The van der Waals surface area contributed by atoms with E-state index in [2.05, 4.69) is 14.8 Å². The molecule has 2 aliphatic rings. The van der Waals surface area contributed by atoms with Gasteiger partial charge in [-0.05, 0) is 36.4 Å². The highest BCUT2D eigenvalue weighted by Gasteiger charge is 2.26. The summed E-state index contributed by atoms with van der Waals surface area (Å²) in [4.78, 5) is 58.8. The molecule has 0 atom stereocenters. The second-order valence-corrected chi connectivity index (χ2v) is 9.54. The summed E-state index contributed by atoms with van der Waals surface area (Å²) in [6.45, 7) is 4.33. The molecular weight excluding hydrogens is 518 g/mol. The second kappa shape index (κ2) is 11.4. The molecule has 0 bridgehead atoms. The molecule has 13 heteroatoms. The monoisotopic (exact) mass is 545 g/mol. The van der Waals surface area contributed by atoms with Gasteiger partial charge < -0.3 is 19.6 Å². The summed E-state index contributed by atoms with van der Waals surface area (Å²) in [5.74, 6) is -0.370. The average molecular weight is 546 g/mol. The van der Waals surface area contributed by atoms with Crippen LogP contribution in [0.2, 0.25) is 0 Å². The van der Waals surface area contributed by atoms with Crippen LogP contribution in [0, 0.1) is 20.2 Å². The number of nitro groups is 2. The summed E-state index contributed by atoms with van der Waals surface area (Å²) in [5.41, 5.74) is 2.49. The van der Waals surface area contributed by atoms with Gasteiger partial charge in [-0.3, -0.25) is 34.8 Å². The van der Waals surface area contributed by atoms with Gasteiger partial charge in [-0.2, -0.15) is 0 Å². The lowest BCUT2D eigenvalue weighted by molar-refractivity contribution is -0.385. The molecular formula is C27H27N7O6. The maximum atomic E-state index is 13.0. The molecule has 1 aromatic heterocycles. The van der Waals surface area contributed by atoms with Crippen LogP contribution in [-0.2, 0) is 0 Å². The highest BCUT2D eigenvalue weighted by atomic mass is 16.6. The fraction of sp³-hybridized carbons (Fsp3) is 0.296. The van der Waals surface area contributed by atoms with Crippen molar-refractivity contribution in [2.75, 3.05) is 62.2 Å². The van der Waals surface area contributed by atoms with Crippen LogP contribution in [0.4, 0.5) is 22.7 Å². The van der Waals surface area contributed by atoms with Gasteiger partial charge in [0.05, 0.1) is 15.4 Å². The number of piperazine rings is 2. The third-order valence-corrected chi connectivity index (χ3v) is 7.21. The van der Waals surface area contributed by atoms with Gasteiger partial charge in [0.2, 0.25) is 0 Å². The van der Waals surface area contributed by atoms with E-state index in [0.29, 0.717) is 57.9 Å². The summed E-state index contributed by atoms with van der Waals surface area (Å²) < 4.78 is 0. The van der Waals surface area contributed by atoms with Gasteiger partial charge in [-0.15, -0.1) is 0 Å². The number of hydrogen-bond donors (Lipinski definition) is 0. The molecule has 0 saturated carbocycles. The third kappa shape index (κ3) is 5.67. The lowest BCUT2D eigenvalue weighted by atomic mass is 10.1. The van der Waals surface area contributed by atoms with Crippen molar-refractivity contribution in [2.45, 2.75) is 0 Å². The van der Waals surface area contributed by atoms with Gasteiger partial charge >= 0.3 is 0 Å². The van der Waals surface area contributed by atoms with Crippen molar-refractivity contribution < 1.29 is 19.4 Å². The van der Waals surface area contributed by atoms with E-state index in [1.54, 1.807) is 46.2 Å². The predicted octanol–water partition coefficient (Wildman–Crippen LogP) is 2.82. The summed E-state index contributed by atoms with van der Waals surface area (Å²) in [5, 5.41) is 21.7. The summed E-state index contributed by atoms with van der Waals surface area (Å²) in [7, 11) is 0. The first kappa shape index (κ1) is 26.5. The summed E-state index contributed by atoms with van der Waals surface area (Å²) in [6, 6.07) is 15.9. The van der Waals surface area contributed by atoms with Gasteiger partial charge in [0.1, 0.15) is 5.69 Å². The smallest absolute Gasteiger partial charge is 0.272 e. The van der Waals surface area contributed by atoms with E-state index < -0.39 is 9.85 Å². The molecule has 206 valence electrons. The van der Waals surface area contributed by atoms with E-state index >= 15 is 0 Å². The Labute approximate surface area is 229 Å². The average Bonchev–Trinajstić information content (AvgIpc) is 3.00. The zero-order valence-electron chi connectivity index (χ0n) is 21.6. The Morgan fingerprint density at radius 2 is 1.02 bits per heavy atom. The number of nitrogens with zero attached hydrogens (tertiary/aromatic N) is 7. The predicted molar refractivity (Wildman–Crippen MR) is 147 cm³/mol. The normalized spacial score (nSPS) is 15.6. The minimum absolute atomic E-state index is 0.0371. The van der Waals surface area contributed by atoms with Crippen LogP contribution in [-0.4, -0.2) is 88.8 Å². The second-order valence-electron chi connectivity index (χ2n) is 9.54. The topological polar surface area (TPSA) is 146 Å². The number of non-ortho nitro benzene ring substituents is 2. The molecule has 13 nitrogen and oxygen atoms in total. The van der Waals surface area contributed by atoms with E-state index in [-0.39, 0.29) is 28.9 Å². The Bertz CT molecular complexity index is 1290. The highest BCUT2D eigenvalue weighted by molar-refractivity contribution is 5.96. The molecule has 2 aliphatic heterocycles. The zero-order chi connectivity index (χ0) is 28.2. The van der Waals surface area contributed by atoms with Gasteiger partial charge in [0, 0.05) is 94.2 Å². The molecule has 40 heavy (non-hydrogen) atoms. The minimum atomic E-state index is -0.434. The fourth-order valence-electron chi connectivity index (χ4n) is 4.90.